The average Bonchev–Trinajstić information content (AvgIpc) is 3.04. The van der Waals surface area contributed by atoms with Crippen molar-refractivity contribution in [3.8, 4) is 0 Å². The number of rotatable bonds is 3. The van der Waals surface area contributed by atoms with Crippen molar-refractivity contribution < 1.29 is 18.0 Å². The van der Waals surface area contributed by atoms with E-state index in [9.17, 15) is 18.0 Å². The molecule has 1 aliphatic rings. The van der Waals surface area contributed by atoms with Gasteiger partial charge in [0.05, 0.1) is 11.1 Å². The number of nitrogens with zero attached hydrogens (tertiary/aromatic N) is 3. The molecule has 146 valence electrons. The molecule has 2 aromatic heterocycles. The van der Waals surface area contributed by atoms with Gasteiger partial charge in [-0.3, -0.25) is 4.79 Å². The zero-order chi connectivity index (χ0) is 19.9. The first-order valence-electron chi connectivity index (χ1n) is 8.98. The van der Waals surface area contributed by atoms with E-state index in [1.807, 2.05) is 6.07 Å². The van der Waals surface area contributed by atoms with Gasteiger partial charge < -0.3 is 14.8 Å². The first-order valence-corrected chi connectivity index (χ1v) is 8.98. The van der Waals surface area contributed by atoms with Crippen LogP contribution in [-0.4, -0.2) is 39.4 Å². The Hall–Kier alpha value is -3.03. The highest BCUT2D eigenvalue weighted by atomic mass is 19.3. The van der Waals surface area contributed by atoms with Crippen molar-refractivity contribution in [1.82, 2.24) is 14.5 Å². The Kier molecular flexibility index (Phi) is 4.49. The first-order chi connectivity index (χ1) is 13.3. The number of nitrogens with one attached hydrogen (secondary N) is 1. The summed E-state index contributed by atoms with van der Waals surface area (Å²) in [6.07, 6.45) is 2.58. The molecule has 0 spiro atoms. The second-order valence-corrected chi connectivity index (χ2v) is 6.99. The van der Waals surface area contributed by atoms with Crippen LogP contribution in [0.1, 0.15) is 23.2 Å². The van der Waals surface area contributed by atoms with Crippen molar-refractivity contribution in [3.05, 3.63) is 54.1 Å². The van der Waals surface area contributed by atoms with E-state index >= 15 is 0 Å². The highest BCUT2D eigenvalue weighted by Gasteiger charge is 2.36. The van der Waals surface area contributed by atoms with E-state index in [0.29, 0.717) is 28.0 Å². The Labute approximate surface area is 159 Å². The Morgan fingerprint density at radius 2 is 1.96 bits per heavy atom. The highest BCUT2D eigenvalue weighted by molar-refractivity contribution is 6.08. The van der Waals surface area contributed by atoms with E-state index in [2.05, 4.69) is 10.3 Å². The number of aromatic nitrogens is 2. The number of fused-ring (bicyclic) bond motifs is 1. The van der Waals surface area contributed by atoms with Gasteiger partial charge >= 0.3 is 0 Å². The number of carbonyl (C=O) groups excluding carboxylic acids is 1. The maximum Gasteiger partial charge on any atom is 0.257 e. The van der Waals surface area contributed by atoms with Gasteiger partial charge in [0.15, 0.2) is 0 Å². The topological polar surface area (TPSA) is 50.2 Å². The average molecular weight is 388 g/mol. The Morgan fingerprint density at radius 3 is 2.68 bits per heavy atom. The van der Waals surface area contributed by atoms with Gasteiger partial charge in [-0.1, -0.05) is 6.07 Å². The number of piperidine rings is 1. The standard InChI is InChI=1S/C20H19F3N4O/c1-26-8-5-15-17(26)16(19(28)27-9-6-20(22,23)7-10-27)12-24-18(15)25-14-4-2-3-13(21)11-14/h2-5,8,11-12H,6-7,9-10H2,1H3,(H,24,25). The molecule has 1 aliphatic heterocycles. The number of halogens is 3. The largest absolute Gasteiger partial charge is 0.350 e. The number of amides is 1. The molecule has 8 heteroatoms. The third-order valence-corrected chi connectivity index (χ3v) is 5.01. The SMILES string of the molecule is Cn1ccc2c(Nc3cccc(F)c3)ncc(C(=O)N3CCC(F)(F)CC3)c21. The number of aryl methyl sites for hydroxylation is 1. The smallest absolute Gasteiger partial charge is 0.257 e. The van der Waals surface area contributed by atoms with Gasteiger partial charge in [0, 0.05) is 56.4 Å². The van der Waals surface area contributed by atoms with E-state index < -0.39 is 5.92 Å². The summed E-state index contributed by atoms with van der Waals surface area (Å²) in [6.45, 7) is 0.0298. The van der Waals surface area contributed by atoms with E-state index in [1.165, 1.54) is 23.2 Å². The molecule has 0 bridgehead atoms. The van der Waals surface area contributed by atoms with Crippen molar-refractivity contribution >= 4 is 28.3 Å². The molecular weight excluding hydrogens is 369 g/mol. The fourth-order valence-corrected chi connectivity index (χ4v) is 3.48. The third-order valence-electron chi connectivity index (χ3n) is 5.01. The van der Waals surface area contributed by atoms with Crippen LogP contribution in [0.3, 0.4) is 0 Å². The van der Waals surface area contributed by atoms with Crippen LogP contribution in [0.15, 0.2) is 42.7 Å². The maximum atomic E-state index is 13.5. The van der Waals surface area contributed by atoms with Crippen LogP contribution in [-0.2, 0) is 7.05 Å². The summed E-state index contributed by atoms with van der Waals surface area (Å²) in [5, 5.41) is 3.76. The van der Waals surface area contributed by atoms with Gasteiger partial charge in [-0.25, -0.2) is 18.2 Å². The predicted molar refractivity (Wildman–Crippen MR) is 100 cm³/mol. The van der Waals surface area contributed by atoms with Gasteiger partial charge in [0.1, 0.15) is 11.6 Å². The monoisotopic (exact) mass is 388 g/mol. The van der Waals surface area contributed by atoms with Crippen LogP contribution in [0.5, 0.6) is 0 Å². The fraction of sp³-hybridized carbons (Fsp3) is 0.300. The number of alkyl halides is 2. The molecule has 0 unspecified atom stereocenters. The minimum Gasteiger partial charge on any atom is -0.350 e. The number of pyridine rings is 1. The zero-order valence-electron chi connectivity index (χ0n) is 15.3. The maximum absolute atomic E-state index is 13.5. The highest BCUT2D eigenvalue weighted by Crippen LogP contribution is 2.31. The van der Waals surface area contributed by atoms with Crippen LogP contribution >= 0.6 is 0 Å². The Bertz CT molecular complexity index is 1040. The molecule has 3 aromatic rings. The molecule has 0 saturated carbocycles. The molecule has 5 nitrogen and oxygen atoms in total. The number of hydrogen-bond acceptors (Lipinski definition) is 3. The minimum atomic E-state index is -2.71. The Morgan fingerprint density at radius 1 is 1.21 bits per heavy atom. The van der Waals surface area contributed by atoms with E-state index in [1.54, 1.807) is 29.9 Å². The van der Waals surface area contributed by atoms with Crippen molar-refractivity contribution in [2.24, 2.45) is 7.05 Å². The number of anilines is 2. The van der Waals surface area contributed by atoms with Crippen LogP contribution in [0, 0.1) is 5.82 Å². The predicted octanol–water partition coefficient (Wildman–Crippen LogP) is 4.33. The van der Waals surface area contributed by atoms with E-state index in [0.717, 1.165) is 0 Å². The molecule has 0 aliphatic carbocycles. The lowest BCUT2D eigenvalue weighted by Gasteiger charge is -2.32. The van der Waals surface area contributed by atoms with Crippen LogP contribution < -0.4 is 5.32 Å². The van der Waals surface area contributed by atoms with Crippen LogP contribution in [0.25, 0.3) is 10.9 Å². The van der Waals surface area contributed by atoms with Gasteiger partial charge in [-0.15, -0.1) is 0 Å². The second kappa shape index (κ2) is 6.85. The quantitative estimate of drug-likeness (QED) is 0.727. The molecular formula is C20H19F3N4O. The molecule has 1 saturated heterocycles. The van der Waals surface area contributed by atoms with Crippen LogP contribution in [0.2, 0.25) is 0 Å². The van der Waals surface area contributed by atoms with Gasteiger partial charge in [-0.05, 0) is 24.3 Å². The third kappa shape index (κ3) is 3.42. The summed E-state index contributed by atoms with van der Waals surface area (Å²) in [6, 6.07) is 7.81. The summed E-state index contributed by atoms with van der Waals surface area (Å²) < 4.78 is 42.1. The molecule has 4 rings (SSSR count). The van der Waals surface area contributed by atoms with E-state index in [-0.39, 0.29) is 37.7 Å². The molecule has 1 amide bonds. The van der Waals surface area contributed by atoms with Gasteiger partial charge in [-0.2, -0.15) is 0 Å². The zero-order valence-corrected chi connectivity index (χ0v) is 15.3. The molecule has 1 aromatic carbocycles. The first kappa shape index (κ1) is 18.3. The summed E-state index contributed by atoms with van der Waals surface area (Å²) >= 11 is 0. The summed E-state index contributed by atoms with van der Waals surface area (Å²) in [4.78, 5) is 18.7. The van der Waals surface area contributed by atoms with Crippen molar-refractivity contribution in [2.45, 2.75) is 18.8 Å². The molecule has 0 atom stereocenters. The van der Waals surface area contributed by atoms with E-state index in [4.69, 9.17) is 0 Å². The molecule has 3 heterocycles. The summed E-state index contributed by atoms with van der Waals surface area (Å²) in [5.74, 6) is -2.91. The second-order valence-electron chi connectivity index (χ2n) is 6.99. The fourth-order valence-electron chi connectivity index (χ4n) is 3.48. The summed E-state index contributed by atoms with van der Waals surface area (Å²) in [7, 11) is 1.80. The molecule has 1 fully saturated rings. The summed E-state index contributed by atoms with van der Waals surface area (Å²) in [5.41, 5.74) is 1.55. The molecule has 0 radical (unpaired) electrons. The lowest BCUT2D eigenvalue weighted by molar-refractivity contribution is -0.0494. The number of hydrogen-bond donors (Lipinski definition) is 1. The Balaban J connectivity index is 1.67. The molecule has 1 N–H and O–H groups in total. The van der Waals surface area contributed by atoms with Crippen molar-refractivity contribution in [1.29, 1.82) is 0 Å². The van der Waals surface area contributed by atoms with Gasteiger partial charge in [0.2, 0.25) is 0 Å². The van der Waals surface area contributed by atoms with Crippen molar-refractivity contribution in [2.75, 3.05) is 18.4 Å². The van der Waals surface area contributed by atoms with Gasteiger partial charge in [0.25, 0.3) is 11.8 Å². The lowest BCUT2D eigenvalue weighted by Crippen LogP contribution is -2.42. The minimum absolute atomic E-state index is 0.0149. The lowest BCUT2D eigenvalue weighted by atomic mass is 10.1. The normalized spacial score (nSPS) is 16.4. The molecule has 28 heavy (non-hydrogen) atoms. The number of carbonyl (C=O) groups is 1. The number of benzene rings is 1. The van der Waals surface area contributed by atoms with Crippen molar-refractivity contribution in [3.63, 3.8) is 0 Å². The van der Waals surface area contributed by atoms with Crippen LogP contribution in [0.4, 0.5) is 24.7 Å². The number of likely N-dealkylation sites (tertiary alicyclic amines) is 1.